The van der Waals surface area contributed by atoms with Crippen LogP contribution in [0, 0.1) is 0 Å². The number of likely N-dealkylation sites (tertiary alicyclic amines) is 1. The smallest absolute Gasteiger partial charge is 0.421 e. The van der Waals surface area contributed by atoms with Gasteiger partial charge < -0.3 is 24.3 Å². The Labute approximate surface area is 252 Å². The van der Waals surface area contributed by atoms with Gasteiger partial charge in [0, 0.05) is 31.3 Å². The minimum absolute atomic E-state index is 0.126. The molecule has 0 bridgehead atoms. The molecule has 234 valence electrons. The summed E-state index contributed by atoms with van der Waals surface area (Å²) < 4.78 is 52.5. The number of nitrogens with zero attached hydrogens (tertiary/aromatic N) is 4. The van der Waals surface area contributed by atoms with Crippen molar-refractivity contribution in [3.8, 4) is 5.88 Å². The molecule has 2 aromatic heterocycles. The van der Waals surface area contributed by atoms with Gasteiger partial charge in [-0.25, -0.2) is 14.8 Å². The van der Waals surface area contributed by atoms with Crippen molar-refractivity contribution in [2.75, 3.05) is 26.8 Å². The van der Waals surface area contributed by atoms with E-state index in [-0.39, 0.29) is 23.7 Å². The number of fused-ring (bicyclic) bond motifs is 1. The van der Waals surface area contributed by atoms with Crippen LogP contribution in [0.15, 0.2) is 60.7 Å². The molecule has 0 aliphatic carbocycles. The number of carbonyl (C=O) groups is 1. The number of aliphatic hydroxyl groups is 1. The van der Waals surface area contributed by atoms with Crippen LogP contribution < -0.4 is 4.74 Å². The van der Waals surface area contributed by atoms with Gasteiger partial charge in [-0.1, -0.05) is 30.3 Å². The van der Waals surface area contributed by atoms with Gasteiger partial charge >= 0.3 is 12.1 Å². The lowest BCUT2D eigenvalue weighted by Crippen LogP contribution is -2.39. The van der Waals surface area contributed by atoms with Crippen LogP contribution in [0.1, 0.15) is 58.7 Å². The number of methoxy groups -OCH3 is 1. The van der Waals surface area contributed by atoms with E-state index < -0.39 is 17.7 Å². The Balaban J connectivity index is 1.19. The first-order chi connectivity index (χ1) is 21.0. The van der Waals surface area contributed by atoms with Crippen molar-refractivity contribution >= 4 is 17.0 Å². The third-order valence-corrected chi connectivity index (χ3v) is 8.16. The first-order valence-electron chi connectivity index (χ1n) is 14.4. The van der Waals surface area contributed by atoms with Crippen LogP contribution in [0.4, 0.5) is 13.2 Å². The highest BCUT2D eigenvalue weighted by atomic mass is 19.4. The maximum absolute atomic E-state index is 13.1. The molecule has 9 nitrogen and oxygen atoms in total. The lowest BCUT2D eigenvalue weighted by atomic mass is 9.93. The van der Waals surface area contributed by atoms with Crippen LogP contribution >= 0.6 is 0 Å². The summed E-state index contributed by atoms with van der Waals surface area (Å²) in [6.45, 7) is 4.20. The fraction of sp³-hybridized carbons (Fsp3) is 0.406. The second-order valence-electron chi connectivity index (χ2n) is 11.2. The predicted octanol–water partition coefficient (Wildman–Crippen LogP) is 5.50. The average Bonchev–Trinajstić information content (AvgIpc) is 3.35. The lowest BCUT2D eigenvalue weighted by molar-refractivity contribution is -0.258. The van der Waals surface area contributed by atoms with Gasteiger partial charge in [-0.3, -0.25) is 4.90 Å². The van der Waals surface area contributed by atoms with Crippen molar-refractivity contribution in [3.05, 3.63) is 88.9 Å². The number of halogens is 3. The molecule has 1 atom stereocenters. The average molecular weight is 613 g/mol. The Bertz CT molecular complexity index is 1600. The van der Waals surface area contributed by atoms with Gasteiger partial charge in [0.1, 0.15) is 12.4 Å². The van der Waals surface area contributed by atoms with E-state index in [1.165, 1.54) is 24.3 Å². The zero-order valence-electron chi connectivity index (χ0n) is 24.5. The van der Waals surface area contributed by atoms with Gasteiger partial charge in [-0.2, -0.15) is 13.2 Å². The molecule has 12 heteroatoms. The number of alkyl halides is 3. The monoisotopic (exact) mass is 612 g/mol. The minimum atomic E-state index is -4.78. The number of ether oxygens (including phenoxy) is 2. The Hall–Kier alpha value is -4.00. The fourth-order valence-corrected chi connectivity index (χ4v) is 5.43. The Morgan fingerprint density at radius 3 is 2.43 bits per heavy atom. The van der Waals surface area contributed by atoms with Crippen LogP contribution in [0.2, 0.25) is 0 Å². The SMILES string of the molecule is COCCn1c(CN2CCC(c3cccc(OCc4ccc(C(C)(O)C(F)(F)F)cc4)n3)CC2)nc2ccc(C(=O)O)cc21. The summed E-state index contributed by atoms with van der Waals surface area (Å²) in [5, 5.41) is 19.3. The van der Waals surface area contributed by atoms with Gasteiger partial charge in [0.25, 0.3) is 0 Å². The normalized spacial score (nSPS) is 16.2. The second kappa shape index (κ2) is 12.9. The van der Waals surface area contributed by atoms with Crippen LogP contribution in [-0.2, 0) is 30.0 Å². The molecular weight excluding hydrogens is 577 g/mol. The van der Waals surface area contributed by atoms with Gasteiger partial charge in [-0.15, -0.1) is 0 Å². The minimum Gasteiger partial charge on any atom is -0.478 e. The maximum Gasteiger partial charge on any atom is 0.421 e. The van der Waals surface area contributed by atoms with Crippen LogP contribution in [0.5, 0.6) is 5.88 Å². The number of imidazole rings is 1. The number of piperidine rings is 1. The van der Waals surface area contributed by atoms with Crippen molar-refractivity contribution in [1.82, 2.24) is 19.4 Å². The summed E-state index contributed by atoms with van der Waals surface area (Å²) in [5.41, 5.74) is 0.159. The highest BCUT2D eigenvalue weighted by Gasteiger charge is 2.51. The number of pyridine rings is 1. The van der Waals surface area contributed by atoms with E-state index in [2.05, 4.69) is 4.90 Å². The highest BCUT2D eigenvalue weighted by Crippen LogP contribution is 2.38. The maximum atomic E-state index is 13.1. The van der Waals surface area contributed by atoms with E-state index in [4.69, 9.17) is 19.4 Å². The molecular formula is C32H35F3N4O5. The van der Waals surface area contributed by atoms with E-state index in [1.54, 1.807) is 31.4 Å². The molecule has 0 spiro atoms. The van der Waals surface area contributed by atoms with E-state index in [0.717, 1.165) is 55.4 Å². The molecule has 1 unspecified atom stereocenters. The van der Waals surface area contributed by atoms with Crippen molar-refractivity contribution in [1.29, 1.82) is 0 Å². The molecule has 0 radical (unpaired) electrons. The molecule has 44 heavy (non-hydrogen) atoms. The Kier molecular flexibility index (Phi) is 9.23. The quantitative estimate of drug-likeness (QED) is 0.229. The molecule has 1 saturated heterocycles. The Morgan fingerprint density at radius 2 is 1.77 bits per heavy atom. The zero-order valence-corrected chi connectivity index (χ0v) is 24.5. The zero-order chi connectivity index (χ0) is 31.5. The predicted molar refractivity (Wildman–Crippen MR) is 156 cm³/mol. The number of hydrogen-bond acceptors (Lipinski definition) is 7. The summed E-state index contributed by atoms with van der Waals surface area (Å²) >= 11 is 0. The number of carboxylic acids is 1. The molecule has 1 fully saturated rings. The van der Waals surface area contributed by atoms with Crippen molar-refractivity contribution in [2.24, 2.45) is 0 Å². The van der Waals surface area contributed by atoms with Gasteiger partial charge in [0.15, 0.2) is 5.60 Å². The highest BCUT2D eigenvalue weighted by molar-refractivity contribution is 5.92. The molecule has 1 aliphatic rings. The first-order valence-corrected chi connectivity index (χ1v) is 14.4. The summed E-state index contributed by atoms with van der Waals surface area (Å²) in [6.07, 6.45) is -3.00. The van der Waals surface area contributed by atoms with Crippen molar-refractivity contribution < 1.29 is 37.7 Å². The number of carboxylic acid groups (broad SMARTS) is 1. The third-order valence-electron chi connectivity index (χ3n) is 8.16. The summed E-state index contributed by atoms with van der Waals surface area (Å²) in [6, 6.07) is 16.1. The van der Waals surface area contributed by atoms with Crippen LogP contribution in [-0.4, -0.2) is 68.6 Å². The van der Waals surface area contributed by atoms with E-state index >= 15 is 0 Å². The molecule has 2 N–H and O–H groups in total. The second-order valence-corrected chi connectivity index (χ2v) is 11.2. The van der Waals surface area contributed by atoms with Crippen molar-refractivity contribution in [3.63, 3.8) is 0 Å². The standard InChI is InChI=1S/C32H35F3N4O5/c1-31(42,32(33,34)35)24-9-6-21(7-10-24)20-44-29-5-3-4-25(37-29)22-12-14-38(15-13-22)19-28-36-26-11-8-23(30(40)41)18-27(26)39(28)16-17-43-2/h3-11,18,22,42H,12-17,19-20H2,1-2H3,(H,40,41). The molecule has 1 aliphatic heterocycles. The summed E-state index contributed by atoms with van der Waals surface area (Å²) in [4.78, 5) is 23.4. The molecule has 0 saturated carbocycles. The molecule has 2 aromatic carbocycles. The van der Waals surface area contributed by atoms with Crippen molar-refractivity contribution in [2.45, 2.75) is 57.2 Å². The number of aromatic nitrogens is 3. The van der Waals surface area contributed by atoms with E-state index in [1.807, 2.05) is 16.7 Å². The number of benzene rings is 2. The lowest BCUT2D eigenvalue weighted by Gasteiger charge is -2.31. The molecule has 5 rings (SSSR count). The topological polar surface area (TPSA) is 110 Å². The number of hydrogen-bond donors (Lipinski definition) is 2. The van der Waals surface area contributed by atoms with Crippen LogP contribution in [0.25, 0.3) is 11.0 Å². The fourth-order valence-electron chi connectivity index (χ4n) is 5.43. The van der Waals surface area contributed by atoms with E-state index in [0.29, 0.717) is 31.1 Å². The van der Waals surface area contributed by atoms with E-state index in [9.17, 15) is 28.2 Å². The number of rotatable bonds is 11. The van der Waals surface area contributed by atoms with Crippen LogP contribution in [0.3, 0.4) is 0 Å². The largest absolute Gasteiger partial charge is 0.478 e. The number of aromatic carboxylic acids is 1. The van der Waals surface area contributed by atoms with Gasteiger partial charge in [0.05, 0.1) is 29.7 Å². The molecule has 0 amide bonds. The molecule has 3 heterocycles. The summed E-state index contributed by atoms with van der Waals surface area (Å²) in [5.74, 6) is 0.557. The summed E-state index contributed by atoms with van der Waals surface area (Å²) in [7, 11) is 1.63. The Morgan fingerprint density at radius 1 is 1.05 bits per heavy atom. The van der Waals surface area contributed by atoms with Gasteiger partial charge in [0.2, 0.25) is 5.88 Å². The molecule has 4 aromatic rings. The van der Waals surface area contributed by atoms with Gasteiger partial charge in [-0.05, 0) is 68.2 Å². The third kappa shape index (κ3) is 6.87. The first kappa shape index (κ1) is 31.4.